The predicted octanol–water partition coefficient (Wildman–Crippen LogP) is 3.04. The summed E-state index contributed by atoms with van der Waals surface area (Å²) in [6.07, 6.45) is 14.9. The van der Waals surface area contributed by atoms with Gasteiger partial charge in [-0.2, -0.15) is 5.10 Å². The quantitative estimate of drug-likeness (QED) is 0.650. The standard InChI is InChI=1S/C20H26N6O.C2H2/c1-27-18-6-2-5-17(12-18)24-20-19-15(7-11-26(19)23-14-22-20)13-25-9-3-4-16(21)8-10-25;1-2/h2,5-7,11-12,14,16H,3-4,8-10,13,21H2,1H3,(H,22,23,24);1-2H/t16-;/m1./s1. The minimum atomic E-state index is 0.328. The van der Waals surface area contributed by atoms with Crippen LogP contribution in [0.4, 0.5) is 11.5 Å². The van der Waals surface area contributed by atoms with Gasteiger partial charge in [0.15, 0.2) is 5.82 Å². The molecule has 29 heavy (non-hydrogen) atoms. The van der Waals surface area contributed by atoms with E-state index in [4.69, 9.17) is 10.5 Å². The summed E-state index contributed by atoms with van der Waals surface area (Å²) < 4.78 is 7.20. The number of methoxy groups -OCH3 is 1. The van der Waals surface area contributed by atoms with Gasteiger partial charge in [0, 0.05) is 30.5 Å². The zero-order valence-corrected chi connectivity index (χ0v) is 16.8. The summed E-state index contributed by atoms with van der Waals surface area (Å²) in [6.45, 7) is 2.99. The van der Waals surface area contributed by atoms with Crippen molar-refractivity contribution < 1.29 is 4.74 Å². The molecule has 0 amide bonds. The van der Waals surface area contributed by atoms with Gasteiger partial charge in [-0.05, 0) is 56.1 Å². The fraction of sp³-hybridized carbons (Fsp3) is 0.364. The van der Waals surface area contributed by atoms with Crippen LogP contribution < -0.4 is 15.8 Å². The van der Waals surface area contributed by atoms with Crippen LogP contribution in [0.15, 0.2) is 42.9 Å². The van der Waals surface area contributed by atoms with Crippen molar-refractivity contribution in [1.29, 1.82) is 0 Å². The van der Waals surface area contributed by atoms with Gasteiger partial charge in [0.25, 0.3) is 0 Å². The van der Waals surface area contributed by atoms with E-state index >= 15 is 0 Å². The van der Waals surface area contributed by atoms with Crippen LogP contribution in [0.2, 0.25) is 0 Å². The van der Waals surface area contributed by atoms with Crippen molar-refractivity contribution in [1.82, 2.24) is 19.5 Å². The van der Waals surface area contributed by atoms with Gasteiger partial charge < -0.3 is 15.8 Å². The number of rotatable bonds is 5. The highest BCUT2D eigenvalue weighted by Gasteiger charge is 2.17. The first-order chi connectivity index (χ1) is 14.2. The van der Waals surface area contributed by atoms with Crippen molar-refractivity contribution in [3.8, 4) is 18.6 Å². The molecule has 2 aromatic heterocycles. The number of nitrogens with zero attached hydrogens (tertiary/aromatic N) is 4. The molecular formula is C22H28N6O. The molecule has 3 N–H and O–H groups in total. The molecule has 1 aromatic carbocycles. The molecule has 7 heteroatoms. The Balaban J connectivity index is 0.00000117. The SMILES string of the molecule is C#C.COc1cccc(Nc2ncnn3ccc(CN4CCC[C@@H](N)CC4)c23)c1. The molecule has 0 bridgehead atoms. The van der Waals surface area contributed by atoms with Gasteiger partial charge >= 0.3 is 0 Å². The molecule has 0 radical (unpaired) electrons. The van der Waals surface area contributed by atoms with E-state index in [1.165, 1.54) is 5.56 Å². The number of hydrogen-bond acceptors (Lipinski definition) is 6. The number of hydrogen-bond donors (Lipinski definition) is 2. The van der Waals surface area contributed by atoms with E-state index in [2.05, 4.69) is 39.2 Å². The molecule has 0 saturated carbocycles. The molecule has 1 aliphatic heterocycles. The molecular weight excluding hydrogens is 364 g/mol. The molecule has 1 fully saturated rings. The van der Waals surface area contributed by atoms with Crippen LogP contribution in [-0.4, -0.2) is 45.7 Å². The van der Waals surface area contributed by atoms with E-state index in [0.717, 1.165) is 61.7 Å². The van der Waals surface area contributed by atoms with Crippen molar-refractivity contribution in [2.75, 3.05) is 25.5 Å². The smallest absolute Gasteiger partial charge is 0.158 e. The van der Waals surface area contributed by atoms with Crippen LogP contribution in [0, 0.1) is 12.8 Å². The highest BCUT2D eigenvalue weighted by atomic mass is 16.5. The van der Waals surface area contributed by atoms with Gasteiger partial charge in [-0.15, -0.1) is 12.8 Å². The van der Waals surface area contributed by atoms with Crippen molar-refractivity contribution in [3.05, 3.63) is 48.4 Å². The lowest BCUT2D eigenvalue weighted by molar-refractivity contribution is 0.277. The Morgan fingerprint density at radius 2 is 2.10 bits per heavy atom. The highest BCUT2D eigenvalue weighted by molar-refractivity contribution is 5.76. The number of terminal acetylenes is 1. The van der Waals surface area contributed by atoms with Crippen molar-refractivity contribution in [2.45, 2.75) is 31.8 Å². The zero-order valence-electron chi connectivity index (χ0n) is 16.8. The average Bonchev–Trinajstić information content (AvgIpc) is 3.05. The van der Waals surface area contributed by atoms with E-state index in [1.807, 2.05) is 35.0 Å². The highest BCUT2D eigenvalue weighted by Crippen LogP contribution is 2.26. The first-order valence-corrected chi connectivity index (χ1v) is 9.76. The number of nitrogens with two attached hydrogens (primary N) is 1. The van der Waals surface area contributed by atoms with Gasteiger partial charge in [-0.25, -0.2) is 9.50 Å². The molecule has 4 rings (SSSR count). The summed E-state index contributed by atoms with van der Waals surface area (Å²) in [7, 11) is 1.67. The second-order valence-electron chi connectivity index (χ2n) is 7.07. The Kier molecular flexibility index (Phi) is 7.06. The number of likely N-dealkylation sites (tertiary alicyclic amines) is 1. The third-order valence-electron chi connectivity index (χ3n) is 5.13. The normalized spacial score (nSPS) is 17.2. The minimum absolute atomic E-state index is 0.328. The second kappa shape index (κ2) is 9.92. The maximum Gasteiger partial charge on any atom is 0.158 e. The molecule has 0 spiro atoms. The Hall–Kier alpha value is -3.08. The van der Waals surface area contributed by atoms with Crippen molar-refractivity contribution >= 4 is 17.0 Å². The molecule has 0 unspecified atom stereocenters. The average molecular weight is 393 g/mol. The Bertz CT molecular complexity index is 951. The molecule has 1 atom stereocenters. The van der Waals surface area contributed by atoms with E-state index < -0.39 is 0 Å². The fourth-order valence-corrected chi connectivity index (χ4v) is 3.66. The number of fused-ring (bicyclic) bond motifs is 1. The number of nitrogens with one attached hydrogen (secondary N) is 1. The first kappa shape index (κ1) is 20.6. The fourth-order valence-electron chi connectivity index (χ4n) is 3.66. The minimum Gasteiger partial charge on any atom is -0.497 e. The third kappa shape index (κ3) is 5.05. The summed E-state index contributed by atoms with van der Waals surface area (Å²) in [4.78, 5) is 6.97. The first-order valence-electron chi connectivity index (χ1n) is 9.76. The van der Waals surface area contributed by atoms with Gasteiger partial charge in [0.05, 0.1) is 7.11 Å². The molecule has 0 aliphatic carbocycles. The van der Waals surface area contributed by atoms with Crippen molar-refractivity contribution in [2.24, 2.45) is 5.73 Å². The number of anilines is 2. The topological polar surface area (TPSA) is 80.7 Å². The maximum absolute atomic E-state index is 6.12. The van der Waals surface area contributed by atoms with Crippen LogP contribution in [0.25, 0.3) is 5.52 Å². The van der Waals surface area contributed by atoms with Crippen LogP contribution >= 0.6 is 0 Å². The molecule has 152 valence electrons. The van der Waals surface area contributed by atoms with Crippen LogP contribution in [0.1, 0.15) is 24.8 Å². The predicted molar refractivity (Wildman–Crippen MR) is 116 cm³/mol. The Morgan fingerprint density at radius 1 is 1.24 bits per heavy atom. The number of ether oxygens (including phenoxy) is 1. The van der Waals surface area contributed by atoms with E-state index in [0.29, 0.717) is 6.04 Å². The van der Waals surface area contributed by atoms with Gasteiger partial charge in [0.1, 0.15) is 17.6 Å². The van der Waals surface area contributed by atoms with Gasteiger partial charge in [0.2, 0.25) is 0 Å². The monoisotopic (exact) mass is 392 g/mol. The van der Waals surface area contributed by atoms with Gasteiger partial charge in [-0.1, -0.05) is 6.07 Å². The maximum atomic E-state index is 6.12. The molecule has 3 aromatic rings. The van der Waals surface area contributed by atoms with Crippen LogP contribution in [0.3, 0.4) is 0 Å². The van der Waals surface area contributed by atoms with Crippen LogP contribution in [0.5, 0.6) is 5.75 Å². The molecule has 1 aliphatic rings. The Morgan fingerprint density at radius 3 is 2.93 bits per heavy atom. The van der Waals surface area contributed by atoms with E-state index in [1.54, 1.807) is 13.4 Å². The van der Waals surface area contributed by atoms with Gasteiger partial charge in [-0.3, -0.25) is 4.90 Å². The lowest BCUT2D eigenvalue weighted by Crippen LogP contribution is -2.26. The summed E-state index contributed by atoms with van der Waals surface area (Å²) in [5, 5.41) is 7.78. The lowest BCUT2D eigenvalue weighted by Gasteiger charge is -2.20. The molecule has 1 saturated heterocycles. The number of aromatic nitrogens is 3. The second-order valence-corrected chi connectivity index (χ2v) is 7.07. The summed E-state index contributed by atoms with van der Waals surface area (Å²) >= 11 is 0. The number of benzene rings is 1. The Labute approximate surface area is 171 Å². The lowest BCUT2D eigenvalue weighted by atomic mass is 10.1. The summed E-state index contributed by atoms with van der Waals surface area (Å²) in [6, 6.07) is 10.3. The molecule has 7 nitrogen and oxygen atoms in total. The molecule has 3 heterocycles. The zero-order chi connectivity index (χ0) is 20.6. The largest absolute Gasteiger partial charge is 0.497 e. The van der Waals surface area contributed by atoms with Crippen LogP contribution in [-0.2, 0) is 6.54 Å². The van der Waals surface area contributed by atoms with E-state index in [-0.39, 0.29) is 0 Å². The third-order valence-corrected chi connectivity index (χ3v) is 5.13. The van der Waals surface area contributed by atoms with E-state index in [9.17, 15) is 0 Å². The summed E-state index contributed by atoms with van der Waals surface area (Å²) in [5.41, 5.74) is 9.28. The van der Waals surface area contributed by atoms with Crippen molar-refractivity contribution in [3.63, 3.8) is 0 Å². The summed E-state index contributed by atoms with van der Waals surface area (Å²) in [5.74, 6) is 1.60.